The smallest absolute Gasteiger partial charge is 0.258 e. The van der Waals surface area contributed by atoms with Gasteiger partial charge in [-0.25, -0.2) is 4.98 Å². The van der Waals surface area contributed by atoms with Crippen LogP contribution in [-0.2, 0) is 0 Å². The Kier molecular flexibility index (Phi) is 3.26. The van der Waals surface area contributed by atoms with Crippen LogP contribution in [0.1, 0.15) is 0 Å². The molecule has 0 saturated heterocycles. The molecular weight excluding hydrogens is 272 g/mol. The molecule has 0 radical (unpaired) electrons. The minimum Gasteiger partial charge on any atom is -0.258 e. The predicted molar refractivity (Wildman–Crippen MR) is 79.6 cm³/mol. The van der Waals surface area contributed by atoms with Gasteiger partial charge in [0.15, 0.2) is 0 Å². The Morgan fingerprint density at radius 2 is 1.70 bits per heavy atom. The molecule has 0 amide bonds. The van der Waals surface area contributed by atoms with E-state index >= 15 is 0 Å². The van der Waals surface area contributed by atoms with Crippen molar-refractivity contribution in [3.05, 3.63) is 70.9 Å². The van der Waals surface area contributed by atoms with E-state index in [1.54, 1.807) is 24.4 Å². The van der Waals surface area contributed by atoms with Gasteiger partial charge in [-0.3, -0.25) is 10.1 Å². The van der Waals surface area contributed by atoms with Crippen LogP contribution >= 0.6 is 11.3 Å². The zero-order chi connectivity index (χ0) is 13.9. The summed E-state index contributed by atoms with van der Waals surface area (Å²) in [4.78, 5) is 16.0. The predicted octanol–water partition coefficient (Wildman–Crippen LogP) is 4.39. The van der Waals surface area contributed by atoms with Crippen molar-refractivity contribution < 1.29 is 4.92 Å². The van der Waals surface area contributed by atoms with Crippen molar-refractivity contribution in [3.63, 3.8) is 0 Å². The average molecular weight is 282 g/mol. The molecule has 4 nitrogen and oxygen atoms in total. The van der Waals surface area contributed by atoms with Gasteiger partial charge in [-0.15, -0.1) is 11.3 Å². The molecule has 0 atom stereocenters. The van der Waals surface area contributed by atoms with Crippen LogP contribution < -0.4 is 0 Å². The van der Waals surface area contributed by atoms with Gasteiger partial charge in [0.05, 0.1) is 15.4 Å². The summed E-state index contributed by atoms with van der Waals surface area (Å²) in [5, 5.41) is 11.7. The summed E-state index contributed by atoms with van der Waals surface area (Å²) < 4.78 is 0. The van der Waals surface area contributed by atoms with Gasteiger partial charge in [0.25, 0.3) is 5.69 Å². The van der Waals surface area contributed by atoms with Crippen molar-refractivity contribution in [1.82, 2.24) is 4.98 Å². The number of rotatable bonds is 3. The van der Waals surface area contributed by atoms with E-state index in [0.717, 1.165) is 10.4 Å². The van der Waals surface area contributed by atoms with Gasteiger partial charge < -0.3 is 0 Å². The molecule has 3 rings (SSSR count). The Labute approximate surface area is 119 Å². The van der Waals surface area contributed by atoms with Gasteiger partial charge in [0.1, 0.15) is 5.01 Å². The molecule has 20 heavy (non-hydrogen) atoms. The highest BCUT2D eigenvalue weighted by Crippen LogP contribution is 2.36. The minimum absolute atomic E-state index is 0.0847. The maximum absolute atomic E-state index is 11.1. The topological polar surface area (TPSA) is 56.0 Å². The van der Waals surface area contributed by atoms with E-state index < -0.39 is 0 Å². The molecular formula is C15H10N2O2S. The van der Waals surface area contributed by atoms with Gasteiger partial charge in [-0.1, -0.05) is 42.5 Å². The van der Waals surface area contributed by atoms with Crippen LogP contribution in [0.25, 0.3) is 21.0 Å². The van der Waals surface area contributed by atoms with Crippen molar-refractivity contribution in [2.45, 2.75) is 0 Å². The number of para-hydroxylation sites is 1. The standard InChI is InChI=1S/C15H10N2O2S/c18-17(19)13-9-5-4-8-12(13)15-16-10-14(20-15)11-6-2-1-3-7-11/h1-10H. The largest absolute Gasteiger partial charge is 0.279 e. The normalized spacial score (nSPS) is 10.4. The second-order valence-electron chi connectivity index (χ2n) is 4.17. The fourth-order valence-corrected chi connectivity index (χ4v) is 2.90. The molecule has 2 aromatic carbocycles. The lowest BCUT2D eigenvalue weighted by Crippen LogP contribution is -1.90. The van der Waals surface area contributed by atoms with E-state index in [-0.39, 0.29) is 10.6 Å². The van der Waals surface area contributed by atoms with E-state index in [0.29, 0.717) is 10.6 Å². The summed E-state index contributed by atoms with van der Waals surface area (Å²) in [6.45, 7) is 0. The Bertz CT molecular complexity index is 753. The van der Waals surface area contributed by atoms with Gasteiger partial charge in [0.2, 0.25) is 0 Å². The quantitative estimate of drug-likeness (QED) is 0.529. The number of aromatic nitrogens is 1. The van der Waals surface area contributed by atoms with Crippen LogP contribution in [0, 0.1) is 10.1 Å². The lowest BCUT2D eigenvalue weighted by atomic mass is 10.2. The first-order chi connectivity index (χ1) is 9.75. The van der Waals surface area contributed by atoms with E-state index in [1.807, 2.05) is 30.3 Å². The SMILES string of the molecule is O=[N+]([O-])c1ccccc1-c1ncc(-c2ccccc2)s1. The maximum atomic E-state index is 11.1. The Morgan fingerprint density at radius 1 is 1.00 bits per heavy atom. The number of hydrogen-bond donors (Lipinski definition) is 0. The molecule has 0 fully saturated rings. The molecule has 0 aliphatic heterocycles. The Balaban J connectivity index is 2.05. The fraction of sp³-hybridized carbons (Fsp3) is 0. The molecule has 5 heteroatoms. The summed E-state index contributed by atoms with van der Waals surface area (Å²) in [6.07, 6.45) is 1.76. The first-order valence-corrected chi connectivity index (χ1v) is 6.82. The summed E-state index contributed by atoms with van der Waals surface area (Å²) in [6, 6.07) is 16.5. The third-order valence-corrected chi connectivity index (χ3v) is 3.97. The van der Waals surface area contributed by atoms with Crippen LogP contribution in [0.5, 0.6) is 0 Å². The van der Waals surface area contributed by atoms with Gasteiger partial charge >= 0.3 is 0 Å². The zero-order valence-electron chi connectivity index (χ0n) is 10.4. The summed E-state index contributed by atoms with van der Waals surface area (Å²) >= 11 is 1.46. The molecule has 1 heterocycles. The van der Waals surface area contributed by atoms with Crippen LogP contribution in [0.15, 0.2) is 60.8 Å². The molecule has 0 N–H and O–H groups in total. The highest BCUT2D eigenvalue weighted by Gasteiger charge is 2.17. The van der Waals surface area contributed by atoms with Crippen molar-refractivity contribution in [1.29, 1.82) is 0 Å². The molecule has 0 aliphatic carbocycles. The monoisotopic (exact) mass is 282 g/mol. The van der Waals surface area contributed by atoms with Crippen molar-refractivity contribution in [2.75, 3.05) is 0 Å². The molecule has 98 valence electrons. The first kappa shape index (κ1) is 12.5. The van der Waals surface area contributed by atoms with Crippen molar-refractivity contribution in [2.24, 2.45) is 0 Å². The van der Waals surface area contributed by atoms with E-state index in [2.05, 4.69) is 4.98 Å². The molecule has 0 aliphatic rings. The zero-order valence-corrected chi connectivity index (χ0v) is 11.2. The number of hydrogen-bond acceptors (Lipinski definition) is 4. The van der Waals surface area contributed by atoms with Gasteiger partial charge in [-0.05, 0) is 11.6 Å². The van der Waals surface area contributed by atoms with Crippen LogP contribution in [0.4, 0.5) is 5.69 Å². The highest BCUT2D eigenvalue weighted by atomic mass is 32.1. The Morgan fingerprint density at radius 3 is 2.45 bits per heavy atom. The lowest BCUT2D eigenvalue weighted by molar-refractivity contribution is -0.384. The van der Waals surface area contributed by atoms with Crippen molar-refractivity contribution in [3.8, 4) is 21.0 Å². The summed E-state index contributed by atoms with van der Waals surface area (Å²) in [7, 11) is 0. The third-order valence-electron chi connectivity index (χ3n) is 2.90. The van der Waals surface area contributed by atoms with Gasteiger partial charge in [0, 0.05) is 12.3 Å². The van der Waals surface area contributed by atoms with E-state index in [4.69, 9.17) is 0 Å². The molecule has 3 aromatic rings. The maximum Gasteiger partial charge on any atom is 0.279 e. The first-order valence-electron chi connectivity index (χ1n) is 6.01. The highest BCUT2D eigenvalue weighted by molar-refractivity contribution is 7.18. The number of thiazole rings is 1. The summed E-state index contributed by atoms with van der Waals surface area (Å²) in [5.41, 5.74) is 1.71. The number of nitrogens with zero attached hydrogens (tertiary/aromatic N) is 2. The lowest BCUT2D eigenvalue weighted by Gasteiger charge is -1.98. The minimum atomic E-state index is -0.376. The van der Waals surface area contributed by atoms with Crippen LogP contribution in [0.3, 0.4) is 0 Å². The average Bonchev–Trinajstić information content (AvgIpc) is 2.98. The van der Waals surface area contributed by atoms with Gasteiger partial charge in [-0.2, -0.15) is 0 Å². The summed E-state index contributed by atoms with van der Waals surface area (Å²) in [5.74, 6) is 0. The van der Waals surface area contributed by atoms with E-state index in [1.165, 1.54) is 17.4 Å². The second-order valence-corrected chi connectivity index (χ2v) is 5.20. The Hall–Kier alpha value is -2.53. The molecule has 0 spiro atoms. The number of nitro groups is 1. The molecule has 0 unspecified atom stereocenters. The fourth-order valence-electron chi connectivity index (χ4n) is 1.95. The third kappa shape index (κ3) is 2.31. The molecule has 0 saturated carbocycles. The second kappa shape index (κ2) is 5.22. The molecule has 0 bridgehead atoms. The number of nitro benzene ring substituents is 1. The molecule has 1 aromatic heterocycles. The number of benzene rings is 2. The van der Waals surface area contributed by atoms with Crippen molar-refractivity contribution >= 4 is 17.0 Å². The van der Waals surface area contributed by atoms with E-state index in [9.17, 15) is 10.1 Å². The van der Waals surface area contributed by atoms with Crippen LogP contribution in [0.2, 0.25) is 0 Å². The van der Waals surface area contributed by atoms with Crippen LogP contribution in [-0.4, -0.2) is 9.91 Å².